The van der Waals surface area contributed by atoms with Gasteiger partial charge in [-0.05, 0) is 118 Å². The van der Waals surface area contributed by atoms with Crippen LogP contribution in [0.5, 0.6) is 0 Å². The molecule has 0 spiro atoms. The molecule has 0 aromatic carbocycles. The van der Waals surface area contributed by atoms with Gasteiger partial charge in [0.05, 0.1) is 17.6 Å². The van der Waals surface area contributed by atoms with E-state index in [9.17, 15) is 15.0 Å². The van der Waals surface area contributed by atoms with Gasteiger partial charge in [-0.15, -0.1) is 11.3 Å². The second-order valence-corrected chi connectivity index (χ2v) is 16.0. The topological polar surface area (TPSA) is 79.7 Å². The minimum atomic E-state index is -0.643. The molecule has 0 bridgehead atoms. The van der Waals surface area contributed by atoms with Crippen molar-refractivity contribution in [2.75, 3.05) is 0 Å². The average Bonchev–Trinajstić information content (AvgIpc) is 3.51. The number of thiazole rings is 1. The summed E-state index contributed by atoms with van der Waals surface area (Å²) in [5.41, 5.74) is 3.49. The standard InChI is InChI=1S/C38H57NO4S/c1-6-8-12-30-24-39-36(44-30)38(20-21-38)34(43-35(42)10-7-2)18-13-25(3)31-16-17-32-27(11-9-19-37(31,32)5)14-15-28-22-29(40)23-33(41)26(28)4/h14-15,24-25,29,31-34,40-41H,4,6-13,16-23H2,1-3,5H3/b27-14+,28-15-/t25-,29-,31-,32+,33+,34+,37-/m1/s1. The van der Waals surface area contributed by atoms with Crippen LogP contribution in [0.4, 0.5) is 0 Å². The molecule has 1 aromatic rings. The van der Waals surface area contributed by atoms with Gasteiger partial charge in [0, 0.05) is 23.9 Å². The number of fused-ring (bicyclic) bond motifs is 1. The maximum absolute atomic E-state index is 12.8. The summed E-state index contributed by atoms with van der Waals surface area (Å²) >= 11 is 1.85. The molecule has 4 fully saturated rings. The third kappa shape index (κ3) is 7.13. The fourth-order valence-corrected chi connectivity index (χ4v) is 10.2. The number of ether oxygens (including phenoxy) is 1. The van der Waals surface area contributed by atoms with E-state index in [0.29, 0.717) is 37.0 Å². The van der Waals surface area contributed by atoms with Crippen molar-refractivity contribution in [1.29, 1.82) is 0 Å². The SMILES string of the molecule is C=C1/C(=C\C=C2/CCC[C@]3(C)[C@@H]([C@H](C)CC[C@H](OC(=O)CCC)C4(c5ncc(CCCC)s5)CC4)CC[C@@H]23)C[C@@H](O)C[C@@H]1O. The summed E-state index contributed by atoms with van der Waals surface area (Å²) in [5.74, 6) is 1.74. The van der Waals surface area contributed by atoms with Crippen LogP contribution in [0.2, 0.25) is 0 Å². The van der Waals surface area contributed by atoms with Crippen LogP contribution in [-0.4, -0.2) is 39.5 Å². The lowest BCUT2D eigenvalue weighted by Gasteiger charge is -2.44. The molecule has 7 atom stereocenters. The zero-order valence-corrected chi connectivity index (χ0v) is 28.6. The van der Waals surface area contributed by atoms with E-state index >= 15 is 0 Å². The molecule has 5 nitrogen and oxygen atoms in total. The van der Waals surface area contributed by atoms with Crippen molar-refractivity contribution < 1.29 is 19.7 Å². The van der Waals surface area contributed by atoms with E-state index in [0.717, 1.165) is 56.1 Å². The Hall–Kier alpha value is -1.76. The van der Waals surface area contributed by atoms with Crippen LogP contribution in [-0.2, 0) is 21.4 Å². The molecule has 0 unspecified atom stereocenters. The van der Waals surface area contributed by atoms with Gasteiger partial charge in [0.2, 0.25) is 0 Å². The molecule has 1 heterocycles. The number of aryl methyl sites for hydroxylation is 1. The number of esters is 1. The van der Waals surface area contributed by atoms with Crippen LogP contribution < -0.4 is 0 Å². The fourth-order valence-electron chi connectivity index (χ4n) is 8.98. The largest absolute Gasteiger partial charge is 0.461 e. The molecule has 1 aromatic heterocycles. The van der Waals surface area contributed by atoms with Crippen LogP contribution in [0.1, 0.15) is 134 Å². The predicted octanol–water partition coefficient (Wildman–Crippen LogP) is 8.79. The molecule has 0 saturated heterocycles. The Labute approximate surface area is 270 Å². The minimum absolute atomic E-state index is 0.0519. The molecule has 5 rings (SSSR count). The van der Waals surface area contributed by atoms with Crippen LogP contribution >= 0.6 is 11.3 Å². The molecular weight excluding hydrogens is 566 g/mol. The van der Waals surface area contributed by atoms with Crippen molar-refractivity contribution >= 4 is 17.3 Å². The second-order valence-electron chi connectivity index (χ2n) is 14.8. The highest BCUT2D eigenvalue weighted by Gasteiger charge is 2.56. The van der Waals surface area contributed by atoms with Crippen molar-refractivity contribution in [3.05, 3.63) is 51.5 Å². The minimum Gasteiger partial charge on any atom is -0.461 e. The van der Waals surface area contributed by atoms with E-state index in [1.54, 1.807) is 0 Å². The molecule has 4 aliphatic rings. The number of rotatable bonds is 13. The summed E-state index contributed by atoms with van der Waals surface area (Å²) in [5, 5.41) is 21.7. The van der Waals surface area contributed by atoms with Gasteiger partial charge in [-0.3, -0.25) is 4.79 Å². The lowest BCUT2D eigenvalue weighted by atomic mass is 9.60. The average molecular weight is 624 g/mol. The summed E-state index contributed by atoms with van der Waals surface area (Å²) in [4.78, 5) is 19.1. The van der Waals surface area contributed by atoms with Gasteiger partial charge < -0.3 is 14.9 Å². The number of carbonyl (C=O) groups is 1. The van der Waals surface area contributed by atoms with Crippen LogP contribution in [0.25, 0.3) is 0 Å². The maximum Gasteiger partial charge on any atom is 0.306 e. The highest BCUT2D eigenvalue weighted by Crippen LogP contribution is 2.60. The van der Waals surface area contributed by atoms with Gasteiger partial charge in [0.1, 0.15) is 11.1 Å². The Morgan fingerprint density at radius 3 is 2.70 bits per heavy atom. The third-order valence-electron chi connectivity index (χ3n) is 11.8. The van der Waals surface area contributed by atoms with E-state index in [-0.39, 0.29) is 22.9 Å². The van der Waals surface area contributed by atoms with Crippen LogP contribution in [0.3, 0.4) is 0 Å². The number of hydrogen-bond acceptors (Lipinski definition) is 6. The molecule has 0 amide bonds. The van der Waals surface area contributed by atoms with E-state index < -0.39 is 12.2 Å². The summed E-state index contributed by atoms with van der Waals surface area (Å²) < 4.78 is 6.31. The number of nitrogens with zero attached hydrogens (tertiary/aromatic N) is 1. The highest BCUT2D eigenvalue weighted by molar-refractivity contribution is 7.11. The molecule has 244 valence electrons. The first-order chi connectivity index (χ1) is 21.1. The Morgan fingerprint density at radius 1 is 1.18 bits per heavy atom. The normalized spacial score (nSPS) is 32.9. The molecule has 44 heavy (non-hydrogen) atoms. The van der Waals surface area contributed by atoms with Gasteiger partial charge in [0.15, 0.2) is 0 Å². The van der Waals surface area contributed by atoms with Gasteiger partial charge >= 0.3 is 5.97 Å². The van der Waals surface area contributed by atoms with E-state index in [1.807, 2.05) is 18.3 Å². The van der Waals surface area contributed by atoms with Crippen LogP contribution in [0, 0.1) is 23.2 Å². The van der Waals surface area contributed by atoms with Crippen molar-refractivity contribution in [3.8, 4) is 0 Å². The van der Waals surface area contributed by atoms with E-state index in [4.69, 9.17) is 9.72 Å². The monoisotopic (exact) mass is 623 g/mol. The summed E-state index contributed by atoms with van der Waals surface area (Å²) in [6.45, 7) is 13.4. The third-order valence-corrected chi connectivity index (χ3v) is 13.0. The van der Waals surface area contributed by atoms with Crippen molar-refractivity contribution in [2.45, 2.75) is 154 Å². The molecule has 2 N–H and O–H groups in total. The summed E-state index contributed by atoms with van der Waals surface area (Å²) in [7, 11) is 0. The highest BCUT2D eigenvalue weighted by atomic mass is 32.1. The lowest BCUT2D eigenvalue weighted by molar-refractivity contribution is -0.151. The molecule has 0 aliphatic heterocycles. The van der Waals surface area contributed by atoms with Crippen molar-refractivity contribution in [1.82, 2.24) is 4.98 Å². The molecule has 6 heteroatoms. The van der Waals surface area contributed by atoms with Gasteiger partial charge in [0.25, 0.3) is 0 Å². The van der Waals surface area contributed by atoms with E-state index in [1.165, 1.54) is 54.0 Å². The second kappa shape index (κ2) is 14.3. The Balaban J connectivity index is 1.28. The van der Waals surface area contributed by atoms with Crippen molar-refractivity contribution in [3.63, 3.8) is 0 Å². The lowest BCUT2D eigenvalue weighted by Crippen LogP contribution is -2.37. The molecular formula is C38H57NO4S. The van der Waals surface area contributed by atoms with Gasteiger partial charge in [-0.25, -0.2) is 4.98 Å². The molecule has 0 radical (unpaired) electrons. The number of allylic oxidation sites excluding steroid dienone is 3. The number of aliphatic hydroxyl groups excluding tert-OH is 2. The predicted molar refractivity (Wildman–Crippen MR) is 180 cm³/mol. The zero-order valence-electron chi connectivity index (χ0n) is 27.8. The Morgan fingerprint density at radius 2 is 1.98 bits per heavy atom. The summed E-state index contributed by atoms with van der Waals surface area (Å²) in [6, 6.07) is 0. The molecule has 4 saturated carbocycles. The van der Waals surface area contributed by atoms with Crippen molar-refractivity contribution in [2.24, 2.45) is 23.2 Å². The van der Waals surface area contributed by atoms with E-state index in [2.05, 4.69) is 45.7 Å². The van der Waals surface area contributed by atoms with Crippen LogP contribution in [0.15, 0.2) is 41.6 Å². The first-order valence-corrected chi connectivity index (χ1v) is 18.5. The number of unbranched alkanes of at least 4 members (excludes halogenated alkanes) is 1. The number of aromatic nitrogens is 1. The first-order valence-electron chi connectivity index (χ1n) is 17.7. The van der Waals surface area contributed by atoms with Gasteiger partial charge in [-0.2, -0.15) is 0 Å². The summed E-state index contributed by atoms with van der Waals surface area (Å²) in [6.07, 6.45) is 21.3. The number of aliphatic hydroxyl groups is 2. The van der Waals surface area contributed by atoms with Gasteiger partial charge in [-0.1, -0.05) is 58.4 Å². The number of carbonyl (C=O) groups excluding carboxylic acids is 1. The molecule has 4 aliphatic carbocycles. The Bertz CT molecular complexity index is 1230. The zero-order chi connectivity index (χ0) is 31.5. The quantitative estimate of drug-likeness (QED) is 0.215. The first kappa shape index (κ1) is 33.6. The maximum atomic E-state index is 12.8. The number of hydrogen-bond donors (Lipinski definition) is 2. The Kier molecular flexibility index (Phi) is 11.0. The smallest absolute Gasteiger partial charge is 0.306 e. The fraction of sp³-hybridized carbons (Fsp3) is 0.737.